The van der Waals surface area contributed by atoms with Crippen molar-refractivity contribution in [1.82, 2.24) is 5.32 Å². The van der Waals surface area contributed by atoms with Crippen LogP contribution in [0.15, 0.2) is 52.3 Å². The lowest BCUT2D eigenvalue weighted by Gasteiger charge is -2.24. The Kier molecular flexibility index (Phi) is 4.66. The summed E-state index contributed by atoms with van der Waals surface area (Å²) in [6, 6.07) is 9.33. The first-order valence-electron chi connectivity index (χ1n) is 9.20. The maximum absolute atomic E-state index is 13.4. The lowest BCUT2D eigenvalue weighted by Crippen LogP contribution is -2.30. The minimum atomic E-state index is -4.74. The van der Waals surface area contributed by atoms with Crippen molar-refractivity contribution in [2.45, 2.75) is 40.8 Å². The number of alkyl halides is 3. The van der Waals surface area contributed by atoms with Gasteiger partial charge in [-0.25, -0.2) is 8.42 Å². The van der Waals surface area contributed by atoms with Crippen LogP contribution in [0.4, 0.5) is 18.9 Å². The zero-order valence-corrected chi connectivity index (χ0v) is 16.1. The van der Waals surface area contributed by atoms with Crippen LogP contribution < -0.4 is 10.2 Å². The van der Waals surface area contributed by atoms with Crippen LogP contribution in [0.5, 0.6) is 0 Å². The summed E-state index contributed by atoms with van der Waals surface area (Å²) >= 11 is 0. The number of likely N-dealkylation sites (N-methyl/N-ethyl adjacent to an activating group) is 1. The minimum Gasteiger partial charge on any atom is -0.371 e. The summed E-state index contributed by atoms with van der Waals surface area (Å²) in [5, 5.41) is 3.35. The van der Waals surface area contributed by atoms with E-state index in [2.05, 4.69) is 10.2 Å². The fourth-order valence-electron chi connectivity index (χ4n) is 4.41. The molecule has 0 aromatic heterocycles. The number of anilines is 1. The number of fused-ring (bicyclic) bond motifs is 3. The summed E-state index contributed by atoms with van der Waals surface area (Å²) < 4.78 is 66.2. The third-order valence-corrected chi connectivity index (χ3v) is 7.59. The smallest absolute Gasteiger partial charge is 0.371 e. The van der Waals surface area contributed by atoms with E-state index >= 15 is 0 Å². The summed E-state index contributed by atoms with van der Waals surface area (Å²) in [6.45, 7) is 1.73. The molecule has 0 radical (unpaired) electrons. The second-order valence-electron chi connectivity index (χ2n) is 7.33. The molecule has 2 aromatic rings. The van der Waals surface area contributed by atoms with Crippen molar-refractivity contribution in [1.29, 1.82) is 0 Å². The summed E-state index contributed by atoms with van der Waals surface area (Å²) in [5.74, 6) is 0.169. The van der Waals surface area contributed by atoms with Gasteiger partial charge in [0.1, 0.15) is 0 Å². The number of nitrogens with zero attached hydrogens (tertiary/aromatic N) is 1. The Morgan fingerprint density at radius 2 is 1.79 bits per heavy atom. The van der Waals surface area contributed by atoms with Crippen LogP contribution >= 0.6 is 0 Å². The van der Waals surface area contributed by atoms with Gasteiger partial charge in [-0.1, -0.05) is 12.1 Å². The van der Waals surface area contributed by atoms with Gasteiger partial charge in [0.05, 0.1) is 15.4 Å². The van der Waals surface area contributed by atoms with Gasteiger partial charge < -0.3 is 10.2 Å². The molecule has 1 saturated heterocycles. The van der Waals surface area contributed by atoms with Gasteiger partial charge in [-0.3, -0.25) is 0 Å². The molecule has 4 nitrogen and oxygen atoms in total. The van der Waals surface area contributed by atoms with Crippen molar-refractivity contribution < 1.29 is 21.6 Å². The van der Waals surface area contributed by atoms with Crippen molar-refractivity contribution >= 4 is 15.5 Å². The molecule has 0 spiro atoms. The fourth-order valence-corrected chi connectivity index (χ4v) is 5.93. The van der Waals surface area contributed by atoms with Crippen molar-refractivity contribution in [2.24, 2.45) is 0 Å². The molecule has 1 N–H and O–H groups in total. The largest absolute Gasteiger partial charge is 0.417 e. The standard InChI is InChI=1S/C20H21F3N2O2S/c1-25-17-7-6-13(12-15(17)14-8-10-24-11-9-18(14)25)28(26,27)19-5-3-2-4-16(19)20(21,22)23/h2-7,12,14,18,24H,8-11H2,1H3/t14-,18+/m0/s1. The highest BCUT2D eigenvalue weighted by atomic mass is 32.2. The fraction of sp³-hybridized carbons (Fsp3) is 0.400. The molecule has 0 bridgehead atoms. The van der Waals surface area contributed by atoms with Crippen LogP contribution in [0.1, 0.15) is 29.9 Å². The first-order valence-corrected chi connectivity index (χ1v) is 10.7. The van der Waals surface area contributed by atoms with E-state index in [1.54, 1.807) is 12.1 Å². The van der Waals surface area contributed by atoms with Gasteiger partial charge in [0.15, 0.2) is 0 Å². The molecule has 150 valence electrons. The first kappa shape index (κ1) is 19.3. The highest BCUT2D eigenvalue weighted by Crippen LogP contribution is 2.45. The molecular weight excluding hydrogens is 389 g/mol. The molecule has 0 amide bonds. The van der Waals surface area contributed by atoms with Crippen LogP contribution in [0, 0.1) is 0 Å². The van der Waals surface area contributed by atoms with Crippen LogP contribution in [-0.4, -0.2) is 34.6 Å². The SMILES string of the molecule is CN1c2ccc(S(=O)(=O)c3ccccc3C(F)(F)F)cc2[C@@H]2CCNCC[C@H]21. The lowest BCUT2D eigenvalue weighted by molar-refractivity contribution is -0.139. The Labute approximate surface area is 162 Å². The van der Waals surface area contributed by atoms with E-state index in [-0.39, 0.29) is 16.9 Å². The Bertz CT molecular complexity index is 1000. The van der Waals surface area contributed by atoms with Crippen molar-refractivity contribution in [3.63, 3.8) is 0 Å². The normalized spacial score (nSPS) is 22.5. The quantitative estimate of drug-likeness (QED) is 0.818. The van der Waals surface area contributed by atoms with Crippen molar-refractivity contribution in [2.75, 3.05) is 25.0 Å². The second kappa shape index (κ2) is 6.77. The Balaban J connectivity index is 1.81. The molecule has 2 aliphatic rings. The number of rotatable bonds is 2. The molecule has 0 unspecified atom stereocenters. The minimum absolute atomic E-state index is 0.0887. The van der Waals surface area contributed by atoms with Gasteiger partial charge in [0, 0.05) is 24.7 Å². The third kappa shape index (κ3) is 3.08. The van der Waals surface area contributed by atoms with E-state index < -0.39 is 26.5 Å². The predicted octanol–water partition coefficient (Wildman–Crippen LogP) is 3.82. The zero-order chi connectivity index (χ0) is 20.1. The topological polar surface area (TPSA) is 49.4 Å². The summed E-state index contributed by atoms with van der Waals surface area (Å²) in [4.78, 5) is 1.37. The summed E-state index contributed by atoms with van der Waals surface area (Å²) in [7, 11) is -2.30. The van der Waals surface area contributed by atoms with Gasteiger partial charge in [-0.15, -0.1) is 0 Å². The Morgan fingerprint density at radius 3 is 2.54 bits per heavy atom. The van der Waals surface area contributed by atoms with Gasteiger partial charge >= 0.3 is 6.18 Å². The predicted molar refractivity (Wildman–Crippen MR) is 100 cm³/mol. The van der Waals surface area contributed by atoms with E-state index in [1.807, 2.05) is 7.05 Å². The molecule has 0 saturated carbocycles. The summed E-state index contributed by atoms with van der Waals surface area (Å²) in [5.41, 5.74) is 0.728. The van der Waals surface area contributed by atoms with Gasteiger partial charge in [0.2, 0.25) is 9.84 Å². The molecule has 2 aromatic carbocycles. The molecule has 2 heterocycles. The second-order valence-corrected chi connectivity index (χ2v) is 9.25. The molecule has 0 aliphatic carbocycles. The number of sulfone groups is 1. The monoisotopic (exact) mass is 410 g/mol. The highest BCUT2D eigenvalue weighted by Gasteiger charge is 2.40. The Morgan fingerprint density at radius 1 is 1.07 bits per heavy atom. The number of benzene rings is 2. The molecule has 4 rings (SSSR count). The van der Waals surface area contributed by atoms with Crippen molar-refractivity contribution in [3.05, 3.63) is 53.6 Å². The van der Waals surface area contributed by atoms with E-state index in [9.17, 15) is 21.6 Å². The number of halogens is 3. The third-order valence-electron chi connectivity index (χ3n) is 5.78. The van der Waals surface area contributed by atoms with Crippen LogP contribution in [0.3, 0.4) is 0 Å². The molecule has 2 aliphatic heterocycles. The Hall–Kier alpha value is -2.06. The van der Waals surface area contributed by atoms with Gasteiger partial charge in [-0.2, -0.15) is 13.2 Å². The number of hydrogen-bond donors (Lipinski definition) is 1. The van der Waals surface area contributed by atoms with Gasteiger partial charge in [0.25, 0.3) is 0 Å². The average molecular weight is 410 g/mol. The maximum atomic E-state index is 13.4. The van der Waals surface area contributed by atoms with Crippen molar-refractivity contribution in [3.8, 4) is 0 Å². The first-order chi connectivity index (χ1) is 13.2. The number of nitrogens with one attached hydrogen (secondary N) is 1. The van der Waals surface area contributed by atoms with E-state index in [4.69, 9.17) is 0 Å². The zero-order valence-electron chi connectivity index (χ0n) is 15.3. The molecule has 2 atom stereocenters. The van der Waals surface area contributed by atoms with E-state index in [0.717, 1.165) is 49.3 Å². The molecule has 8 heteroatoms. The molecular formula is C20H21F3N2O2S. The van der Waals surface area contributed by atoms with E-state index in [1.165, 1.54) is 18.2 Å². The summed E-state index contributed by atoms with van der Waals surface area (Å²) in [6.07, 6.45) is -2.93. The molecule has 28 heavy (non-hydrogen) atoms. The van der Waals surface area contributed by atoms with Gasteiger partial charge in [-0.05, 0) is 61.8 Å². The maximum Gasteiger partial charge on any atom is 0.417 e. The highest BCUT2D eigenvalue weighted by molar-refractivity contribution is 7.91. The average Bonchev–Trinajstić information content (AvgIpc) is 2.81. The van der Waals surface area contributed by atoms with E-state index in [0.29, 0.717) is 0 Å². The number of hydrogen-bond acceptors (Lipinski definition) is 4. The lowest BCUT2D eigenvalue weighted by atomic mass is 9.91. The molecule has 1 fully saturated rings. The van der Waals surface area contributed by atoms with Crippen LogP contribution in [-0.2, 0) is 16.0 Å². The van der Waals surface area contributed by atoms with Crippen LogP contribution in [0.2, 0.25) is 0 Å². The van der Waals surface area contributed by atoms with Crippen LogP contribution in [0.25, 0.3) is 0 Å².